The molecule has 96 valence electrons. The highest BCUT2D eigenvalue weighted by molar-refractivity contribution is 7.57. The minimum Gasteiger partial charge on any atom is -0.270 e. The van der Waals surface area contributed by atoms with Crippen molar-refractivity contribution >= 4 is 7.59 Å². The average Bonchev–Trinajstić information content (AvgIpc) is 3.26. The van der Waals surface area contributed by atoms with Gasteiger partial charge in [-0.3, -0.25) is 4.57 Å². The maximum Gasteiger partial charge on any atom is 0.287 e. The summed E-state index contributed by atoms with van der Waals surface area (Å²) >= 11 is 0. The van der Waals surface area contributed by atoms with E-state index in [0.29, 0.717) is 0 Å². The lowest BCUT2D eigenvalue weighted by molar-refractivity contribution is 0.326. The molecule has 0 aromatic heterocycles. The quantitative estimate of drug-likeness (QED) is 0.568. The SMILES string of the molecule is O=P(N1CC1)(N1CC1)N1CC2CCC(CC2)C1. The van der Waals surface area contributed by atoms with E-state index in [1.807, 2.05) is 0 Å². The summed E-state index contributed by atoms with van der Waals surface area (Å²) < 4.78 is 20.2. The van der Waals surface area contributed by atoms with Gasteiger partial charge in [-0.2, -0.15) is 0 Å². The Morgan fingerprint density at radius 1 is 0.706 bits per heavy atom. The molecule has 4 aliphatic heterocycles. The van der Waals surface area contributed by atoms with Crippen molar-refractivity contribution in [1.29, 1.82) is 0 Å². The van der Waals surface area contributed by atoms with Crippen LogP contribution in [0.1, 0.15) is 25.7 Å². The molecule has 0 aromatic carbocycles. The summed E-state index contributed by atoms with van der Waals surface area (Å²) in [5.74, 6) is 1.64. The molecule has 1 aliphatic carbocycles. The Balaban J connectivity index is 1.61. The molecular formula is C12H22N3OP. The summed E-state index contributed by atoms with van der Waals surface area (Å²) in [5.41, 5.74) is 0. The van der Waals surface area contributed by atoms with Crippen LogP contribution in [-0.2, 0) is 4.57 Å². The standard InChI is InChI=1S/C12H22N3OP/c16-17(13-5-6-13,14-7-8-14)15-9-11-1-2-12(10-15)4-3-11/h11-12H,1-10H2. The van der Waals surface area contributed by atoms with E-state index >= 15 is 0 Å². The van der Waals surface area contributed by atoms with E-state index in [0.717, 1.165) is 51.1 Å². The molecule has 4 nitrogen and oxygen atoms in total. The minimum atomic E-state index is -2.28. The van der Waals surface area contributed by atoms with E-state index in [4.69, 9.17) is 0 Å². The predicted molar refractivity (Wildman–Crippen MR) is 67.8 cm³/mol. The first-order valence-corrected chi connectivity index (χ1v) is 8.69. The topological polar surface area (TPSA) is 26.3 Å². The zero-order valence-corrected chi connectivity index (χ0v) is 11.3. The smallest absolute Gasteiger partial charge is 0.270 e. The van der Waals surface area contributed by atoms with Gasteiger partial charge >= 0.3 is 0 Å². The van der Waals surface area contributed by atoms with E-state index in [1.165, 1.54) is 25.7 Å². The van der Waals surface area contributed by atoms with Crippen molar-refractivity contribution in [3.05, 3.63) is 0 Å². The van der Waals surface area contributed by atoms with Crippen molar-refractivity contribution in [2.75, 3.05) is 39.3 Å². The molecule has 4 heterocycles. The van der Waals surface area contributed by atoms with Gasteiger partial charge in [-0.1, -0.05) is 0 Å². The fourth-order valence-corrected chi connectivity index (χ4v) is 6.81. The molecule has 5 rings (SSSR count). The third-order valence-electron chi connectivity index (χ3n) is 4.86. The first-order valence-electron chi connectivity index (χ1n) is 7.13. The van der Waals surface area contributed by atoms with Crippen molar-refractivity contribution in [1.82, 2.24) is 14.0 Å². The van der Waals surface area contributed by atoms with Crippen LogP contribution in [0.5, 0.6) is 0 Å². The van der Waals surface area contributed by atoms with Gasteiger partial charge < -0.3 is 0 Å². The van der Waals surface area contributed by atoms with Crippen molar-refractivity contribution < 1.29 is 4.57 Å². The van der Waals surface area contributed by atoms with Crippen LogP contribution in [0.2, 0.25) is 0 Å². The fraction of sp³-hybridized carbons (Fsp3) is 1.00. The van der Waals surface area contributed by atoms with Crippen molar-refractivity contribution in [2.24, 2.45) is 11.8 Å². The first kappa shape index (κ1) is 11.0. The fourth-order valence-electron chi connectivity index (χ4n) is 3.63. The molecule has 0 aromatic rings. The number of rotatable bonds is 3. The molecular weight excluding hydrogens is 233 g/mol. The Bertz CT molecular complexity index is 329. The average molecular weight is 255 g/mol. The van der Waals surface area contributed by atoms with E-state index in [1.54, 1.807) is 0 Å². The summed E-state index contributed by atoms with van der Waals surface area (Å²) in [6.07, 6.45) is 5.50. The van der Waals surface area contributed by atoms with Crippen LogP contribution in [0.3, 0.4) is 0 Å². The van der Waals surface area contributed by atoms with Gasteiger partial charge in [0.1, 0.15) is 0 Å². The maximum absolute atomic E-state index is 13.3. The Morgan fingerprint density at radius 2 is 1.12 bits per heavy atom. The van der Waals surface area contributed by atoms with Gasteiger partial charge in [0.25, 0.3) is 7.59 Å². The summed E-state index contributed by atoms with van der Waals surface area (Å²) in [5, 5.41) is 0. The first-order chi connectivity index (χ1) is 8.27. The molecule has 5 aliphatic rings. The van der Waals surface area contributed by atoms with Gasteiger partial charge in [-0.05, 0) is 37.5 Å². The highest BCUT2D eigenvalue weighted by atomic mass is 31.2. The largest absolute Gasteiger partial charge is 0.287 e. The third kappa shape index (κ3) is 1.81. The Labute approximate surface area is 103 Å². The number of hydrogen-bond donors (Lipinski definition) is 0. The van der Waals surface area contributed by atoms with Gasteiger partial charge in [0, 0.05) is 39.3 Å². The second kappa shape index (κ2) is 3.80. The molecule has 0 N–H and O–H groups in total. The predicted octanol–water partition coefficient (Wildman–Crippen LogP) is 1.85. The van der Waals surface area contributed by atoms with Crippen molar-refractivity contribution in [3.63, 3.8) is 0 Å². The lowest BCUT2D eigenvalue weighted by Crippen LogP contribution is -2.31. The van der Waals surface area contributed by atoms with Gasteiger partial charge in [0.15, 0.2) is 0 Å². The Morgan fingerprint density at radius 3 is 1.47 bits per heavy atom. The van der Waals surface area contributed by atoms with Gasteiger partial charge in [-0.15, -0.1) is 0 Å². The monoisotopic (exact) mass is 255 g/mol. The van der Waals surface area contributed by atoms with Crippen LogP contribution >= 0.6 is 7.59 Å². The number of hydrogen-bond acceptors (Lipinski definition) is 1. The lowest BCUT2D eigenvalue weighted by atomic mass is 9.84. The van der Waals surface area contributed by atoms with Gasteiger partial charge in [0.05, 0.1) is 0 Å². The zero-order valence-electron chi connectivity index (χ0n) is 10.4. The number of nitrogens with zero attached hydrogens (tertiary/aromatic N) is 3. The molecule has 5 fully saturated rings. The van der Waals surface area contributed by atoms with Crippen molar-refractivity contribution in [2.45, 2.75) is 25.7 Å². The lowest BCUT2D eigenvalue weighted by Gasteiger charge is -2.33. The molecule has 5 heteroatoms. The highest BCUT2D eigenvalue weighted by Gasteiger charge is 2.53. The molecule has 0 unspecified atom stereocenters. The molecule has 0 amide bonds. The van der Waals surface area contributed by atoms with Crippen LogP contribution in [0.15, 0.2) is 0 Å². The van der Waals surface area contributed by atoms with Crippen LogP contribution in [-0.4, -0.2) is 53.3 Å². The molecule has 0 radical (unpaired) electrons. The minimum absolute atomic E-state index is 0.821. The number of fused-ring (bicyclic) bond motifs is 4. The van der Waals surface area contributed by atoms with Gasteiger partial charge in [-0.25, -0.2) is 14.0 Å². The summed E-state index contributed by atoms with van der Waals surface area (Å²) in [6.45, 7) is 6.42. The van der Waals surface area contributed by atoms with Crippen LogP contribution in [0.4, 0.5) is 0 Å². The molecule has 0 spiro atoms. The molecule has 0 atom stereocenters. The normalized spacial score (nSPS) is 39.3. The molecule has 2 bridgehead atoms. The van der Waals surface area contributed by atoms with Gasteiger partial charge in [0.2, 0.25) is 0 Å². The second-order valence-corrected chi connectivity index (χ2v) is 8.90. The maximum atomic E-state index is 13.3. The van der Waals surface area contributed by atoms with Crippen LogP contribution in [0, 0.1) is 11.8 Å². The second-order valence-electron chi connectivity index (χ2n) is 6.18. The molecule has 1 saturated carbocycles. The van der Waals surface area contributed by atoms with Crippen molar-refractivity contribution in [3.8, 4) is 0 Å². The van der Waals surface area contributed by atoms with Crippen LogP contribution < -0.4 is 0 Å². The summed E-state index contributed by atoms with van der Waals surface area (Å²) in [6, 6.07) is 0. The molecule has 17 heavy (non-hydrogen) atoms. The summed E-state index contributed by atoms with van der Waals surface area (Å²) in [7, 11) is -2.28. The van der Waals surface area contributed by atoms with E-state index in [-0.39, 0.29) is 0 Å². The van der Waals surface area contributed by atoms with Crippen LogP contribution in [0.25, 0.3) is 0 Å². The molecule has 4 saturated heterocycles. The Kier molecular flexibility index (Phi) is 2.45. The third-order valence-corrected chi connectivity index (χ3v) is 8.19. The van der Waals surface area contributed by atoms with E-state index in [9.17, 15) is 4.57 Å². The Hall–Kier alpha value is 0.110. The highest BCUT2D eigenvalue weighted by Crippen LogP contribution is 2.64. The van der Waals surface area contributed by atoms with E-state index < -0.39 is 7.59 Å². The summed E-state index contributed by atoms with van der Waals surface area (Å²) in [4.78, 5) is 0. The zero-order chi connectivity index (χ0) is 11.5. The van der Waals surface area contributed by atoms with E-state index in [2.05, 4.69) is 14.0 Å².